The Morgan fingerprint density at radius 3 is 2.38 bits per heavy atom. The number of nitrogens with zero attached hydrogens (tertiary/aromatic N) is 1. The predicted octanol–water partition coefficient (Wildman–Crippen LogP) is 2.07. The number of aliphatic hydroxyl groups is 1. The summed E-state index contributed by atoms with van der Waals surface area (Å²) >= 11 is 0. The Hall–Kier alpha value is -3.77. The summed E-state index contributed by atoms with van der Waals surface area (Å²) < 4.78 is 16.2. The highest BCUT2D eigenvalue weighted by Gasteiger charge is 2.45. The number of benzene rings is 1. The number of ether oxygens (including phenoxy) is 1. The van der Waals surface area contributed by atoms with Crippen LogP contribution in [0.25, 0.3) is 11.3 Å². The first-order valence-corrected chi connectivity index (χ1v) is 13.3. The number of nitrogens with one attached hydrogen (secondary N) is 2. The number of esters is 1. The van der Waals surface area contributed by atoms with Gasteiger partial charge in [0.05, 0.1) is 30.3 Å². The topological polar surface area (TPSA) is 153 Å². The Morgan fingerprint density at radius 2 is 1.75 bits per heavy atom. The van der Waals surface area contributed by atoms with Gasteiger partial charge in [0.2, 0.25) is 5.91 Å². The third kappa shape index (κ3) is 8.62. The van der Waals surface area contributed by atoms with E-state index in [4.69, 9.17) is 14.0 Å². The lowest BCUT2D eigenvalue weighted by atomic mass is 9.72. The average Bonchev–Trinajstić information content (AvgIpc) is 2.90. The summed E-state index contributed by atoms with van der Waals surface area (Å²) in [5.74, 6) is -3.60. The van der Waals surface area contributed by atoms with Gasteiger partial charge in [-0.25, -0.2) is 9.78 Å². The molecule has 0 saturated carbocycles. The molecule has 11 nitrogen and oxygen atoms in total. The van der Waals surface area contributed by atoms with E-state index in [2.05, 4.69) is 15.6 Å². The van der Waals surface area contributed by atoms with Crippen LogP contribution in [0.2, 0.25) is 0 Å². The molecule has 214 valence electrons. The fourth-order valence-corrected chi connectivity index (χ4v) is 4.16. The second kappa shape index (κ2) is 14.0. The molecule has 0 bridgehead atoms. The molecule has 0 radical (unpaired) electrons. The van der Waals surface area contributed by atoms with Crippen molar-refractivity contribution < 1.29 is 38.3 Å². The van der Waals surface area contributed by atoms with E-state index in [1.807, 2.05) is 44.2 Å². The van der Waals surface area contributed by atoms with Gasteiger partial charge in [0.25, 0.3) is 11.9 Å². The number of aliphatic hydroxyl groups excluding tert-OH is 1. The van der Waals surface area contributed by atoms with Gasteiger partial charge in [0, 0.05) is 5.56 Å². The number of aromatic nitrogens is 1. The van der Waals surface area contributed by atoms with Crippen LogP contribution in [-0.2, 0) is 28.4 Å². The molecule has 12 heteroatoms. The summed E-state index contributed by atoms with van der Waals surface area (Å²) in [6.45, 7) is 8.51. The SMILES string of the molecule is CC(C)C[C@H](NC(=O)[C@@H](NC(=O)c1cccc(-c2ccccc2)n1)[C@@H](C)O)B1OC(=O)CC(C(=O)OC(C)C)O1. The number of hydrogen-bond acceptors (Lipinski definition) is 9. The van der Waals surface area contributed by atoms with E-state index in [1.54, 1.807) is 26.0 Å². The monoisotopic (exact) mass is 553 g/mol. The Morgan fingerprint density at radius 1 is 1.05 bits per heavy atom. The number of pyridine rings is 1. The molecular formula is C28H36BN3O8. The minimum absolute atomic E-state index is 0.0279. The predicted molar refractivity (Wildman–Crippen MR) is 147 cm³/mol. The normalized spacial score (nSPS) is 17.6. The average molecular weight is 553 g/mol. The van der Waals surface area contributed by atoms with Gasteiger partial charge >= 0.3 is 13.1 Å². The van der Waals surface area contributed by atoms with Crippen molar-refractivity contribution in [2.45, 2.75) is 77.8 Å². The molecule has 0 aliphatic carbocycles. The van der Waals surface area contributed by atoms with Crippen molar-refractivity contribution in [3.05, 3.63) is 54.2 Å². The van der Waals surface area contributed by atoms with Crippen LogP contribution in [0.4, 0.5) is 0 Å². The first-order valence-electron chi connectivity index (χ1n) is 13.3. The van der Waals surface area contributed by atoms with E-state index in [9.17, 15) is 24.3 Å². The van der Waals surface area contributed by atoms with Crippen LogP contribution in [0.3, 0.4) is 0 Å². The second-order valence-corrected chi connectivity index (χ2v) is 10.4. The second-order valence-electron chi connectivity index (χ2n) is 10.4. The molecule has 1 unspecified atom stereocenters. The van der Waals surface area contributed by atoms with Gasteiger partial charge in [-0.1, -0.05) is 50.2 Å². The minimum Gasteiger partial charge on any atom is -0.508 e. The summed E-state index contributed by atoms with van der Waals surface area (Å²) in [7, 11) is -1.27. The first kappa shape index (κ1) is 30.8. The third-order valence-corrected chi connectivity index (χ3v) is 6.00. The van der Waals surface area contributed by atoms with Gasteiger partial charge < -0.3 is 29.8 Å². The molecule has 1 aliphatic rings. The molecule has 3 N–H and O–H groups in total. The molecule has 0 spiro atoms. The molecule has 1 aromatic heterocycles. The summed E-state index contributed by atoms with van der Waals surface area (Å²) in [5.41, 5.74) is 1.45. The maximum Gasteiger partial charge on any atom is 0.551 e. The van der Waals surface area contributed by atoms with Gasteiger partial charge in [-0.2, -0.15) is 0 Å². The molecule has 40 heavy (non-hydrogen) atoms. The van der Waals surface area contributed by atoms with E-state index in [1.165, 1.54) is 13.0 Å². The zero-order valence-corrected chi connectivity index (χ0v) is 23.3. The molecule has 4 atom stereocenters. The van der Waals surface area contributed by atoms with Crippen molar-refractivity contribution in [3.63, 3.8) is 0 Å². The van der Waals surface area contributed by atoms with Crippen molar-refractivity contribution in [1.29, 1.82) is 0 Å². The lowest BCUT2D eigenvalue weighted by Crippen LogP contribution is -2.60. The lowest BCUT2D eigenvalue weighted by Gasteiger charge is -2.32. The van der Waals surface area contributed by atoms with Crippen LogP contribution in [0, 0.1) is 5.92 Å². The molecule has 1 fully saturated rings. The maximum atomic E-state index is 13.3. The van der Waals surface area contributed by atoms with E-state index < -0.39 is 61.2 Å². The highest BCUT2D eigenvalue weighted by molar-refractivity contribution is 6.50. The van der Waals surface area contributed by atoms with E-state index in [0.717, 1.165) is 5.56 Å². The van der Waals surface area contributed by atoms with Crippen LogP contribution in [0.5, 0.6) is 0 Å². The van der Waals surface area contributed by atoms with Gasteiger partial charge in [0.15, 0.2) is 6.10 Å². The number of carbonyl (C=O) groups is 4. The zero-order valence-electron chi connectivity index (χ0n) is 23.3. The van der Waals surface area contributed by atoms with E-state index >= 15 is 0 Å². The minimum atomic E-state index is -1.36. The molecule has 1 aromatic carbocycles. The van der Waals surface area contributed by atoms with Gasteiger partial charge in [0.1, 0.15) is 11.7 Å². The van der Waals surface area contributed by atoms with Crippen molar-refractivity contribution in [1.82, 2.24) is 15.6 Å². The van der Waals surface area contributed by atoms with Gasteiger partial charge in [-0.05, 0) is 45.2 Å². The summed E-state index contributed by atoms with van der Waals surface area (Å²) in [6, 6.07) is 12.9. The number of amides is 2. The fraction of sp³-hybridized carbons (Fsp3) is 0.464. The molecular weight excluding hydrogens is 517 g/mol. The summed E-state index contributed by atoms with van der Waals surface area (Å²) in [4.78, 5) is 55.5. The molecule has 1 aliphatic heterocycles. The molecule has 2 amide bonds. The van der Waals surface area contributed by atoms with Crippen LogP contribution < -0.4 is 10.6 Å². The highest BCUT2D eigenvalue weighted by atomic mass is 16.7. The zero-order chi connectivity index (χ0) is 29.4. The van der Waals surface area contributed by atoms with E-state index in [-0.39, 0.29) is 18.0 Å². The van der Waals surface area contributed by atoms with Crippen LogP contribution in [0.15, 0.2) is 48.5 Å². The van der Waals surface area contributed by atoms with Crippen molar-refractivity contribution in [2.24, 2.45) is 5.92 Å². The Labute approximate surface area is 234 Å². The number of rotatable bonds is 11. The lowest BCUT2D eigenvalue weighted by molar-refractivity contribution is -0.165. The summed E-state index contributed by atoms with van der Waals surface area (Å²) in [6.07, 6.45) is -2.86. The smallest absolute Gasteiger partial charge is 0.508 e. The van der Waals surface area contributed by atoms with Crippen LogP contribution in [-0.4, -0.2) is 71.3 Å². The van der Waals surface area contributed by atoms with Crippen LogP contribution in [0.1, 0.15) is 57.9 Å². The Kier molecular flexibility index (Phi) is 10.8. The number of carbonyl (C=O) groups excluding carboxylic acids is 4. The molecule has 2 aromatic rings. The standard InChI is InChI=1S/C28H36BN3O8/c1-16(2)14-23(29-39-22(15-24(34)40-29)28(37)38-17(3)4)31-27(36)25(18(5)33)32-26(35)21-13-9-12-20(30-21)19-10-7-6-8-11-19/h6-13,16-18,22-23,25,33H,14-15H2,1-5H3,(H,31,36)(H,32,35)/t18-,22?,23+,25+/m1/s1. The van der Waals surface area contributed by atoms with Crippen LogP contribution >= 0.6 is 0 Å². The Bertz CT molecular complexity index is 1190. The van der Waals surface area contributed by atoms with Gasteiger partial charge in [-0.3, -0.25) is 14.4 Å². The molecule has 2 heterocycles. The first-order chi connectivity index (χ1) is 18.9. The quantitative estimate of drug-likeness (QED) is 0.280. The number of hydrogen-bond donors (Lipinski definition) is 3. The maximum absolute atomic E-state index is 13.3. The van der Waals surface area contributed by atoms with Crippen molar-refractivity contribution in [2.75, 3.05) is 0 Å². The largest absolute Gasteiger partial charge is 0.551 e. The van der Waals surface area contributed by atoms with Crippen molar-refractivity contribution in [3.8, 4) is 11.3 Å². The van der Waals surface area contributed by atoms with E-state index in [0.29, 0.717) is 12.1 Å². The highest BCUT2D eigenvalue weighted by Crippen LogP contribution is 2.20. The van der Waals surface area contributed by atoms with Gasteiger partial charge in [-0.15, -0.1) is 0 Å². The summed E-state index contributed by atoms with van der Waals surface area (Å²) in [5, 5.41) is 15.7. The van der Waals surface area contributed by atoms with Crippen molar-refractivity contribution >= 4 is 30.9 Å². The fourth-order valence-electron chi connectivity index (χ4n) is 4.16. The Balaban J connectivity index is 1.75. The molecule has 1 saturated heterocycles. The molecule has 3 rings (SSSR count). The third-order valence-electron chi connectivity index (χ3n) is 6.00.